The van der Waals surface area contributed by atoms with E-state index in [9.17, 15) is 9.59 Å². The van der Waals surface area contributed by atoms with E-state index in [0.29, 0.717) is 27.6 Å². The normalized spacial score (nSPS) is 10.9. The van der Waals surface area contributed by atoms with Gasteiger partial charge in [-0.3, -0.25) is 14.2 Å². The Balaban J connectivity index is 1.59. The fourth-order valence-corrected chi connectivity index (χ4v) is 4.58. The number of benzene rings is 3. The minimum absolute atomic E-state index is 0.134. The SMILES string of the molecule is CSc1cccc(NC(=O)CSc2nc3ccccc3c(=O)n2Cc2ccc(Cl)cc2)c1. The molecule has 0 aliphatic rings. The first-order valence-corrected chi connectivity index (χ1v) is 12.4. The minimum Gasteiger partial charge on any atom is -0.325 e. The van der Waals surface area contributed by atoms with E-state index in [1.807, 2.05) is 54.8 Å². The third kappa shape index (κ3) is 5.35. The van der Waals surface area contributed by atoms with Crippen LogP contribution in [0.2, 0.25) is 5.02 Å². The van der Waals surface area contributed by atoms with E-state index in [1.165, 1.54) is 11.8 Å². The van der Waals surface area contributed by atoms with Crippen LogP contribution in [0, 0.1) is 0 Å². The van der Waals surface area contributed by atoms with Crippen molar-refractivity contribution in [1.29, 1.82) is 0 Å². The molecule has 0 saturated heterocycles. The predicted octanol–water partition coefficient (Wildman–Crippen LogP) is 5.55. The lowest BCUT2D eigenvalue weighted by Gasteiger charge is -2.13. The van der Waals surface area contributed by atoms with Gasteiger partial charge in [0.2, 0.25) is 5.91 Å². The molecule has 1 aromatic heterocycles. The second-order valence-electron chi connectivity index (χ2n) is 7.00. The van der Waals surface area contributed by atoms with Gasteiger partial charge in [-0.05, 0) is 54.3 Å². The molecule has 162 valence electrons. The Bertz CT molecular complexity index is 1320. The molecule has 0 spiro atoms. The highest BCUT2D eigenvalue weighted by molar-refractivity contribution is 7.99. The number of thioether (sulfide) groups is 2. The predicted molar refractivity (Wildman–Crippen MR) is 134 cm³/mol. The van der Waals surface area contributed by atoms with Gasteiger partial charge in [-0.15, -0.1) is 11.8 Å². The molecule has 8 heteroatoms. The topological polar surface area (TPSA) is 64.0 Å². The molecule has 3 aromatic carbocycles. The van der Waals surface area contributed by atoms with Gasteiger partial charge in [0, 0.05) is 15.6 Å². The molecule has 0 saturated carbocycles. The molecule has 1 N–H and O–H groups in total. The van der Waals surface area contributed by atoms with Crippen molar-refractivity contribution in [3.63, 3.8) is 0 Å². The van der Waals surface area contributed by atoms with Gasteiger partial charge < -0.3 is 5.32 Å². The van der Waals surface area contributed by atoms with Crippen LogP contribution in [0.15, 0.2) is 87.6 Å². The molecular weight excluding hydrogens is 462 g/mol. The third-order valence-electron chi connectivity index (χ3n) is 4.77. The summed E-state index contributed by atoms with van der Waals surface area (Å²) in [5.74, 6) is -0.0248. The Morgan fingerprint density at radius 2 is 1.84 bits per heavy atom. The van der Waals surface area contributed by atoms with Crippen molar-refractivity contribution in [3.05, 3.63) is 93.7 Å². The number of anilines is 1. The summed E-state index contributed by atoms with van der Waals surface area (Å²) in [5, 5.41) is 4.59. The van der Waals surface area contributed by atoms with Gasteiger partial charge in [0.15, 0.2) is 5.16 Å². The molecule has 4 aromatic rings. The Labute approximate surface area is 199 Å². The Morgan fingerprint density at radius 3 is 2.62 bits per heavy atom. The van der Waals surface area contributed by atoms with Crippen LogP contribution in [0.25, 0.3) is 10.9 Å². The van der Waals surface area contributed by atoms with Crippen LogP contribution in [-0.2, 0) is 11.3 Å². The number of rotatable bonds is 7. The van der Waals surface area contributed by atoms with Gasteiger partial charge in [0.05, 0.1) is 23.2 Å². The first-order valence-electron chi connectivity index (χ1n) is 9.84. The number of carbonyl (C=O) groups is 1. The monoisotopic (exact) mass is 481 g/mol. The molecular formula is C24H20ClN3O2S2. The van der Waals surface area contributed by atoms with Crippen molar-refractivity contribution in [2.24, 2.45) is 0 Å². The lowest BCUT2D eigenvalue weighted by molar-refractivity contribution is -0.113. The minimum atomic E-state index is -0.159. The number of halogens is 1. The van der Waals surface area contributed by atoms with Crippen LogP contribution >= 0.6 is 35.1 Å². The molecule has 0 radical (unpaired) electrons. The number of aromatic nitrogens is 2. The maximum atomic E-state index is 13.2. The quantitative estimate of drug-likeness (QED) is 0.277. The average Bonchev–Trinajstić information content (AvgIpc) is 2.81. The van der Waals surface area contributed by atoms with Crippen molar-refractivity contribution in [1.82, 2.24) is 9.55 Å². The van der Waals surface area contributed by atoms with Crippen LogP contribution in [0.1, 0.15) is 5.56 Å². The highest BCUT2D eigenvalue weighted by atomic mass is 35.5. The summed E-state index contributed by atoms with van der Waals surface area (Å²) in [4.78, 5) is 31.5. The van der Waals surface area contributed by atoms with E-state index < -0.39 is 0 Å². The third-order valence-corrected chi connectivity index (χ3v) is 6.72. The average molecular weight is 482 g/mol. The maximum Gasteiger partial charge on any atom is 0.262 e. The fourth-order valence-electron chi connectivity index (χ4n) is 3.20. The van der Waals surface area contributed by atoms with Crippen molar-refractivity contribution < 1.29 is 4.79 Å². The standard InChI is InChI=1S/C24H20ClN3O2S2/c1-31-19-6-4-5-18(13-19)26-22(29)15-32-24-27-21-8-3-2-7-20(21)23(30)28(24)14-16-9-11-17(25)12-10-16/h2-13H,14-15H2,1H3,(H,26,29). The molecule has 0 aliphatic carbocycles. The summed E-state index contributed by atoms with van der Waals surface area (Å²) in [6.45, 7) is 0.341. The molecule has 0 unspecified atom stereocenters. The highest BCUT2D eigenvalue weighted by Gasteiger charge is 2.14. The first-order chi connectivity index (χ1) is 15.5. The maximum absolute atomic E-state index is 13.2. The molecule has 5 nitrogen and oxygen atoms in total. The van der Waals surface area contributed by atoms with Crippen molar-refractivity contribution >= 4 is 57.6 Å². The van der Waals surface area contributed by atoms with E-state index in [4.69, 9.17) is 11.6 Å². The second-order valence-corrected chi connectivity index (χ2v) is 9.26. The number of carbonyl (C=O) groups excluding carboxylic acids is 1. The van der Waals surface area contributed by atoms with Crippen molar-refractivity contribution in [2.45, 2.75) is 16.6 Å². The summed E-state index contributed by atoms with van der Waals surface area (Å²) in [5.41, 5.74) is 2.14. The van der Waals surface area contributed by atoms with E-state index in [0.717, 1.165) is 16.1 Å². The van der Waals surface area contributed by atoms with Gasteiger partial charge in [-0.25, -0.2) is 4.98 Å². The Hall–Kier alpha value is -2.74. The largest absolute Gasteiger partial charge is 0.325 e. The van der Waals surface area contributed by atoms with E-state index in [2.05, 4.69) is 10.3 Å². The fraction of sp³-hybridized carbons (Fsp3) is 0.125. The summed E-state index contributed by atoms with van der Waals surface area (Å²) in [6.07, 6.45) is 1.99. The summed E-state index contributed by atoms with van der Waals surface area (Å²) < 4.78 is 1.61. The van der Waals surface area contributed by atoms with Crippen LogP contribution in [-0.4, -0.2) is 27.5 Å². The van der Waals surface area contributed by atoms with E-state index in [-0.39, 0.29) is 17.2 Å². The van der Waals surface area contributed by atoms with Crippen molar-refractivity contribution in [2.75, 3.05) is 17.3 Å². The molecule has 4 rings (SSSR count). The summed E-state index contributed by atoms with van der Waals surface area (Å²) in [7, 11) is 0. The zero-order valence-electron chi connectivity index (χ0n) is 17.2. The number of hydrogen-bond acceptors (Lipinski definition) is 5. The number of nitrogens with one attached hydrogen (secondary N) is 1. The number of amides is 1. The molecule has 1 amide bonds. The number of fused-ring (bicyclic) bond motifs is 1. The van der Waals surface area contributed by atoms with Crippen LogP contribution in [0.5, 0.6) is 0 Å². The number of hydrogen-bond donors (Lipinski definition) is 1. The Kier molecular flexibility index (Phi) is 7.19. The molecule has 0 bridgehead atoms. The zero-order valence-corrected chi connectivity index (χ0v) is 19.6. The van der Waals surface area contributed by atoms with Gasteiger partial charge in [-0.1, -0.05) is 53.7 Å². The Morgan fingerprint density at radius 1 is 1.06 bits per heavy atom. The molecule has 1 heterocycles. The molecule has 0 atom stereocenters. The summed E-state index contributed by atoms with van der Waals surface area (Å²) >= 11 is 8.85. The lowest BCUT2D eigenvalue weighted by atomic mass is 10.2. The smallest absolute Gasteiger partial charge is 0.262 e. The zero-order chi connectivity index (χ0) is 22.5. The van der Waals surface area contributed by atoms with Gasteiger partial charge in [0.1, 0.15) is 0 Å². The highest BCUT2D eigenvalue weighted by Crippen LogP contribution is 2.22. The van der Waals surface area contributed by atoms with Gasteiger partial charge >= 0.3 is 0 Å². The second kappa shape index (κ2) is 10.3. The van der Waals surface area contributed by atoms with Gasteiger partial charge in [0.25, 0.3) is 5.56 Å². The lowest BCUT2D eigenvalue weighted by Crippen LogP contribution is -2.24. The van der Waals surface area contributed by atoms with Crippen LogP contribution < -0.4 is 10.9 Å². The number of nitrogens with zero attached hydrogens (tertiary/aromatic N) is 2. The molecule has 0 fully saturated rings. The van der Waals surface area contributed by atoms with Gasteiger partial charge in [-0.2, -0.15) is 0 Å². The first kappa shape index (κ1) is 22.5. The van der Waals surface area contributed by atoms with Crippen molar-refractivity contribution in [3.8, 4) is 0 Å². The van der Waals surface area contributed by atoms with E-state index in [1.54, 1.807) is 40.6 Å². The molecule has 0 aliphatic heterocycles. The van der Waals surface area contributed by atoms with Crippen LogP contribution in [0.3, 0.4) is 0 Å². The van der Waals surface area contributed by atoms with Crippen LogP contribution in [0.4, 0.5) is 5.69 Å². The number of para-hydroxylation sites is 1. The molecule has 32 heavy (non-hydrogen) atoms. The van der Waals surface area contributed by atoms with E-state index >= 15 is 0 Å². The summed E-state index contributed by atoms with van der Waals surface area (Å²) in [6, 6.07) is 22.3.